The molecule has 2 aromatic rings. The Morgan fingerprint density at radius 3 is 2.86 bits per heavy atom. The van der Waals surface area contributed by atoms with Crippen molar-refractivity contribution >= 4 is 16.7 Å². The molecule has 0 saturated carbocycles. The summed E-state index contributed by atoms with van der Waals surface area (Å²) in [5.74, 6) is 1.80. The number of fused-ring (bicyclic) bond motifs is 1. The van der Waals surface area contributed by atoms with Gasteiger partial charge < -0.3 is 0 Å². The molecule has 0 aliphatic heterocycles. The first-order chi connectivity index (χ1) is 6.83. The summed E-state index contributed by atoms with van der Waals surface area (Å²) < 4.78 is 0. The molecule has 0 aliphatic carbocycles. The lowest BCUT2D eigenvalue weighted by atomic mass is 10.1. The van der Waals surface area contributed by atoms with E-state index in [2.05, 4.69) is 10.9 Å². The van der Waals surface area contributed by atoms with Crippen molar-refractivity contribution in [1.82, 2.24) is 4.98 Å². The number of hydrogen-bond donors (Lipinski definition) is 0. The molecule has 2 heteroatoms. The number of carbonyl (C=O) groups excluding carboxylic acids is 1. The van der Waals surface area contributed by atoms with Gasteiger partial charge >= 0.3 is 0 Å². The molecule has 0 saturated heterocycles. The third-order valence-corrected chi connectivity index (χ3v) is 2.02. The molecule has 0 amide bonds. The third-order valence-electron chi connectivity index (χ3n) is 2.02. The number of terminal acetylenes is 1. The summed E-state index contributed by atoms with van der Waals surface area (Å²) in [4.78, 5) is 15.5. The number of benzene rings is 1. The third kappa shape index (κ3) is 1.25. The van der Waals surface area contributed by atoms with Gasteiger partial charge in [0.2, 0.25) is 5.78 Å². The number of nitrogens with zero attached hydrogens (tertiary/aromatic N) is 1. The standard InChI is InChI=1S/C12H7NO/c1-2-12(14)10-7-8-13-11-6-4-3-5-9(10)11/h1,3-8H. The van der Waals surface area contributed by atoms with E-state index in [1.165, 1.54) is 0 Å². The van der Waals surface area contributed by atoms with E-state index in [0.717, 1.165) is 10.9 Å². The van der Waals surface area contributed by atoms with Gasteiger partial charge in [0.05, 0.1) is 5.52 Å². The summed E-state index contributed by atoms with van der Waals surface area (Å²) in [6, 6.07) is 9.07. The van der Waals surface area contributed by atoms with Crippen molar-refractivity contribution in [2.24, 2.45) is 0 Å². The first-order valence-corrected chi connectivity index (χ1v) is 4.17. The Morgan fingerprint density at radius 2 is 2.07 bits per heavy atom. The molecule has 0 spiro atoms. The largest absolute Gasteiger partial charge is 0.279 e. The molecule has 0 atom stereocenters. The predicted molar refractivity (Wildman–Crippen MR) is 54.9 cm³/mol. The van der Waals surface area contributed by atoms with Gasteiger partial charge in [-0.25, -0.2) is 0 Å². The molecule has 0 fully saturated rings. The summed E-state index contributed by atoms with van der Waals surface area (Å²) in [6.07, 6.45) is 6.67. The minimum atomic E-state index is -0.302. The van der Waals surface area contributed by atoms with E-state index in [4.69, 9.17) is 6.42 Å². The number of pyridine rings is 1. The Hall–Kier alpha value is -2.14. The fourth-order valence-corrected chi connectivity index (χ4v) is 1.37. The molecule has 0 unspecified atom stereocenters. The van der Waals surface area contributed by atoms with Crippen LogP contribution >= 0.6 is 0 Å². The van der Waals surface area contributed by atoms with E-state index < -0.39 is 0 Å². The summed E-state index contributed by atoms with van der Waals surface area (Å²) in [6.45, 7) is 0. The van der Waals surface area contributed by atoms with Gasteiger partial charge in [-0.05, 0) is 18.1 Å². The second-order valence-corrected chi connectivity index (χ2v) is 2.85. The highest BCUT2D eigenvalue weighted by molar-refractivity contribution is 6.15. The molecule has 14 heavy (non-hydrogen) atoms. The van der Waals surface area contributed by atoms with Crippen LogP contribution in [0, 0.1) is 12.3 Å². The fourth-order valence-electron chi connectivity index (χ4n) is 1.37. The SMILES string of the molecule is C#CC(=O)c1ccnc2ccccc12. The smallest absolute Gasteiger partial charge is 0.236 e. The van der Waals surface area contributed by atoms with Crippen LogP contribution in [0.2, 0.25) is 0 Å². The van der Waals surface area contributed by atoms with Crippen LogP contribution in [0.1, 0.15) is 10.4 Å². The number of para-hydroxylation sites is 1. The highest BCUT2D eigenvalue weighted by Crippen LogP contribution is 2.15. The van der Waals surface area contributed by atoms with Crippen LogP contribution in [0.15, 0.2) is 36.5 Å². The van der Waals surface area contributed by atoms with E-state index in [1.54, 1.807) is 12.3 Å². The lowest BCUT2D eigenvalue weighted by Crippen LogP contribution is -1.96. The van der Waals surface area contributed by atoms with Gasteiger partial charge in [0, 0.05) is 17.1 Å². The van der Waals surface area contributed by atoms with Crippen LogP contribution < -0.4 is 0 Å². The molecular formula is C12H7NO. The molecule has 1 aromatic heterocycles. The minimum absolute atomic E-state index is 0.302. The van der Waals surface area contributed by atoms with E-state index in [0.29, 0.717) is 5.56 Å². The average Bonchev–Trinajstić information content (AvgIpc) is 2.27. The predicted octanol–water partition coefficient (Wildman–Crippen LogP) is 2.05. The van der Waals surface area contributed by atoms with Gasteiger partial charge in [-0.2, -0.15) is 0 Å². The van der Waals surface area contributed by atoms with Crippen LogP contribution in [0.3, 0.4) is 0 Å². The zero-order valence-electron chi connectivity index (χ0n) is 7.40. The van der Waals surface area contributed by atoms with Crippen molar-refractivity contribution in [2.45, 2.75) is 0 Å². The normalized spacial score (nSPS) is 9.64. The Kier molecular flexibility index (Phi) is 2.00. The maximum atomic E-state index is 11.4. The molecule has 0 N–H and O–H groups in total. The minimum Gasteiger partial charge on any atom is -0.279 e. The van der Waals surface area contributed by atoms with E-state index in [9.17, 15) is 4.79 Å². The highest BCUT2D eigenvalue weighted by atomic mass is 16.1. The lowest BCUT2D eigenvalue weighted by molar-refractivity contribution is 0.105. The van der Waals surface area contributed by atoms with Crippen LogP contribution in [-0.4, -0.2) is 10.8 Å². The van der Waals surface area contributed by atoms with Gasteiger partial charge in [0.15, 0.2) is 0 Å². The Labute approximate surface area is 81.6 Å². The van der Waals surface area contributed by atoms with Gasteiger partial charge in [-0.3, -0.25) is 9.78 Å². The van der Waals surface area contributed by atoms with E-state index >= 15 is 0 Å². The molecule has 2 rings (SSSR count). The quantitative estimate of drug-likeness (QED) is 0.383. The van der Waals surface area contributed by atoms with Gasteiger partial charge in [0.25, 0.3) is 0 Å². The number of hydrogen-bond acceptors (Lipinski definition) is 2. The zero-order chi connectivity index (χ0) is 9.97. The number of rotatable bonds is 1. The van der Waals surface area contributed by atoms with Gasteiger partial charge in [-0.15, -0.1) is 6.42 Å². The monoisotopic (exact) mass is 181 g/mol. The number of ketones is 1. The number of carbonyl (C=O) groups is 1. The molecule has 0 bridgehead atoms. The fraction of sp³-hybridized carbons (Fsp3) is 0. The highest BCUT2D eigenvalue weighted by Gasteiger charge is 2.06. The molecule has 2 nitrogen and oxygen atoms in total. The summed E-state index contributed by atoms with van der Waals surface area (Å²) in [7, 11) is 0. The van der Waals surface area contributed by atoms with Gasteiger partial charge in [-0.1, -0.05) is 18.2 Å². The summed E-state index contributed by atoms with van der Waals surface area (Å²) in [5, 5.41) is 0.804. The molecule has 66 valence electrons. The second-order valence-electron chi connectivity index (χ2n) is 2.85. The van der Waals surface area contributed by atoms with Crippen molar-refractivity contribution in [2.75, 3.05) is 0 Å². The molecule has 0 radical (unpaired) electrons. The van der Waals surface area contributed by atoms with Crippen molar-refractivity contribution < 1.29 is 4.79 Å². The summed E-state index contributed by atoms with van der Waals surface area (Å²) in [5.41, 5.74) is 1.33. The molecule has 0 aliphatic rings. The van der Waals surface area contributed by atoms with Crippen molar-refractivity contribution in [3.63, 3.8) is 0 Å². The van der Waals surface area contributed by atoms with Crippen molar-refractivity contribution in [1.29, 1.82) is 0 Å². The van der Waals surface area contributed by atoms with Crippen LogP contribution in [-0.2, 0) is 0 Å². The Bertz CT molecular complexity index is 532. The second kappa shape index (κ2) is 3.31. The zero-order valence-corrected chi connectivity index (χ0v) is 7.40. The molecule has 1 aromatic carbocycles. The average molecular weight is 181 g/mol. The topological polar surface area (TPSA) is 30.0 Å². The maximum Gasteiger partial charge on any atom is 0.236 e. The maximum absolute atomic E-state index is 11.4. The van der Waals surface area contributed by atoms with E-state index in [-0.39, 0.29) is 5.78 Å². The lowest BCUT2D eigenvalue weighted by Gasteiger charge is -2.00. The summed E-state index contributed by atoms with van der Waals surface area (Å²) >= 11 is 0. The van der Waals surface area contributed by atoms with Crippen LogP contribution in [0.25, 0.3) is 10.9 Å². The molecular weight excluding hydrogens is 174 g/mol. The van der Waals surface area contributed by atoms with Crippen LogP contribution in [0.5, 0.6) is 0 Å². The Morgan fingerprint density at radius 1 is 1.29 bits per heavy atom. The number of Topliss-reactive ketones (excluding diaryl/α,β-unsaturated/α-hetero) is 1. The van der Waals surface area contributed by atoms with Gasteiger partial charge in [0.1, 0.15) is 0 Å². The Balaban J connectivity index is 2.79. The first-order valence-electron chi connectivity index (χ1n) is 4.17. The first kappa shape index (κ1) is 8.46. The molecule has 1 heterocycles. The van der Waals surface area contributed by atoms with Crippen LogP contribution in [0.4, 0.5) is 0 Å². The van der Waals surface area contributed by atoms with E-state index in [1.807, 2.05) is 24.3 Å². The number of aromatic nitrogens is 1. The van der Waals surface area contributed by atoms with Crippen molar-refractivity contribution in [3.05, 3.63) is 42.1 Å². The van der Waals surface area contributed by atoms with Crippen molar-refractivity contribution in [3.8, 4) is 12.3 Å².